The topological polar surface area (TPSA) is 124 Å². The number of rotatable bonds is 6. The van der Waals surface area contributed by atoms with Crippen molar-refractivity contribution in [2.75, 3.05) is 5.32 Å². The van der Waals surface area contributed by atoms with Crippen molar-refractivity contribution in [2.45, 2.75) is 38.1 Å². The molecule has 0 atom stereocenters. The van der Waals surface area contributed by atoms with Crippen molar-refractivity contribution in [3.8, 4) is 0 Å². The van der Waals surface area contributed by atoms with E-state index < -0.39 is 5.82 Å². The number of fused-ring (bicyclic) bond motifs is 1. The predicted molar refractivity (Wildman–Crippen MR) is 112 cm³/mol. The van der Waals surface area contributed by atoms with Crippen LogP contribution in [0.15, 0.2) is 36.8 Å². The number of halogens is 1. The molecule has 0 unspecified atom stereocenters. The van der Waals surface area contributed by atoms with E-state index in [0.29, 0.717) is 34.2 Å². The molecule has 0 bridgehead atoms. The zero-order valence-electron chi connectivity index (χ0n) is 16.7. The number of amides is 1. The van der Waals surface area contributed by atoms with Crippen molar-refractivity contribution >= 4 is 28.6 Å². The maximum absolute atomic E-state index is 14.0. The fourth-order valence-electron chi connectivity index (χ4n) is 3.98. The molecule has 9 nitrogen and oxygen atoms in total. The molecule has 4 aromatic rings. The maximum Gasteiger partial charge on any atom is 0.272 e. The molecule has 1 amide bonds. The van der Waals surface area contributed by atoms with Crippen molar-refractivity contribution < 1.29 is 9.18 Å². The molecule has 1 saturated carbocycles. The number of nitrogens with zero attached hydrogens (tertiary/aromatic N) is 4. The minimum absolute atomic E-state index is 0.140. The first kappa shape index (κ1) is 19.2. The van der Waals surface area contributed by atoms with E-state index in [9.17, 15) is 9.18 Å². The lowest BCUT2D eigenvalue weighted by Gasteiger charge is -2.09. The summed E-state index contributed by atoms with van der Waals surface area (Å²) in [5, 5.41) is 12.5. The van der Waals surface area contributed by atoms with Gasteiger partial charge in [0.1, 0.15) is 23.5 Å². The lowest BCUT2D eigenvalue weighted by atomic mass is 10.1. The van der Waals surface area contributed by atoms with Gasteiger partial charge < -0.3 is 15.6 Å². The number of aromatic amines is 2. The van der Waals surface area contributed by atoms with Gasteiger partial charge in [-0.2, -0.15) is 5.10 Å². The van der Waals surface area contributed by atoms with E-state index >= 15 is 0 Å². The second-order valence-electron chi connectivity index (χ2n) is 7.64. The van der Waals surface area contributed by atoms with Gasteiger partial charge >= 0.3 is 0 Å². The van der Waals surface area contributed by atoms with Crippen molar-refractivity contribution in [1.82, 2.24) is 35.5 Å². The monoisotopic (exact) mass is 420 g/mol. The highest BCUT2D eigenvalue weighted by molar-refractivity contribution is 6.02. The van der Waals surface area contributed by atoms with Crippen LogP contribution in [0.4, 0.5) is 15.9 Å². The lowest BCUT2D eigenvalue weighted by molar-refractivity contribution is 0.0947. The SMILES string of the molecule is O=C(NCc1cc(F)cc(Nc2cc[nH]n2)c1)c1ncnc2nc(C3CCCC3)[nH]c12. The summed E-state index contributed by atoms with van der Waals surface area (Å²) < 4.78 is 14.0. The van der Waals surface area contributed by atoms with Crippen LogP contribution in [0.25, 0.3) is 11.2 Å². The van der Waals surface area contributed by atoms with Gasteiger partial charge in [-0.25, -0.2) is 19.3 Å². The Bertz CT molecular complexity index is 1210. The molecule has 1 aromatic carbocycles. The molecule has 1 aliphatic carbocycles. The van der Waals surface area contributed by atoms with Crippen LogP contribution in [0.3, 0.4) is 0 Å². The van der Waals surface area contributed by atoms with E-state index in [-0.39, 0.29) is 18.1 Å². The van der Waals surface area contributed by atoms with Gasteiger partial charge in [0.15, 0.2) is 17.2 Å². The molecule has 10 heteroatoms. The quantitative estimate of drug-likeness (QED) is 0.378. The molecule has 4 N–H and O–H groups in total. The van der Waals surface area contributed by atoms with Crippen molar-refractivity contribution in [1.29, 1.82) is 0 Å². The number of aromatic nitrogens is 6. The number of imidazole rings is 1. The van der Waals surface area contributed by atoms with E-state index in [4.69, 9.17) is 0 Å². The summed E-state index contributed by atoms with van der Waals surface area (Å²) in [6.45, 7) is 0.140. The summed E-state index contributed by atoms with van der Waals surface area (Å²) in [5.41, 5.74) is 2.39. The van der Waals surface area contributed by atoms with Crippen LogP contribution in [0.1, 0.15) is 53.5 Å². The molecule has 3 heterocycles. The van der Waals surface area contributed by atoms with Gasteiger partial charge in [-0.1, -0.05) is 12.8 Å². The molecular weight excluding hydrogens is 399 g/mol. The first-order chi connectivity index (χ1) is 15.2. The Morgan fingerprint density at radius 3 is 2.87 bits per heavy atom. The van der Waals surface area contributed by atoms with Crippen LogP contribution in [-0.4, -0.2) is 36.0 Å². The summed E-state index contributed by atoms with van der Waals surface area (Å²) in [5.74, 6) is 1.02. The minimum atomic E-state index is -0.413. The molecular formula is C21H21FN8O. The molecule has 0 radical (unpaired) electrons. The number of H-pyrrole nitrogens is 2. The lowest BCUT2D eigenvalue weighted by Crippen LogP contribution is -2.24. The number of anilines is 2. The summed E-state index contributed by atoms with van der Waals surface area (Å²) in [4.78, 5) is 29.0. The van der Waals surface area contributed by atoms with Gasteiger partial charge in [0.25, 0.3) is 5.91 Å². The Hall–Kier alpha value is -3.82. The first-order valence-corrected chi connectivity index (χ1v) is 10.2. The Morgan fingerprint density at radius 2 is 2.06 bits per heavy atom. The largest absolute Gasteiger partial charge is 0.347 e. The number of carbonyl (C=O) groups is 1. The fraction of sp³-hybridized carbons (Fsp3) is 0.286. The third-order valence-corrected chi connectivity index (χ3v) is 5.45. The van der Waals surface area contributed by atoms with E-state index in [1.165, 1.54) is 31.3 Å². The average molecular weight is 420 g/mol. The number of nitrogens with one attached hydrogen (secondary N) is 4. The third kappa shape index (κ3) is 4.09. The zero-order chi connectivity index (χ0) is 21.2. The van der Waals surface area contributed by atoms with Gasteiger partial charge in [0.2, 0.25) is 0 Å². The Kier molecular flexibility index (Phi) is 5.03. The van der Waals surface area contributed by atoms with E-state index in [0.717, 1.165) is 18.7 Å². The van der Waals surface area contributed by atoms with Crippen molar-refractivity contribution in [2.24, 2.45) is 0 Å². The zero-order valence-corrected chi connectivity index (χ0v) is 16.7. The Labute approximate surface area is 176 Å². The second-order valence-corrected chi connectivity index (χ2v) is 7.64. The van der Waals surface area contributed by atoms with Crippen LogP contribution >= 0.6 is 0 Å². The van der Waals surface area contributed by atoms with E-state index in [1.807, 2.05) is 0 Å². The number of hydrogen-bond acceptors (Lipinski definition) is 6. The summed E-state index contributed by atoms with van der Waals surface area (Å²) >= 11 is 0. The molecule has 1 fully saturated rings. The number of carbonyl (C=O) groups excluding carboxylic acids is 1. The van der Waals surface area contributed by atoms with Crippen molar-refractivity contribution in [3.63, 3.8) is 0 Å². The molecule has 3 aromatic heterocycles. The summed E-state index contributed by atoms with van der Waals surface area (Å²) in [6.07, 6.45) is 7.55. The molecule has 5 rings (SSSR count). The van der Waals surface area contributed by atoms with Crippen LogP contribution in [-0.2, 0) is 6.54 Å². The first-order valence-electron chi connectivity index (χ1n) is 10.2. The van der Waals surface area contributed by atoms with Crippen LogP contribution in [0, 0.1) is 5.82 Å². The molecule has 31 heavy (non-hydrogen) atoms. The molecule has 158 valence electrons. The van der Waals surface area contributed by atoms with Gasteiger partial charge in [-0.15, -0.1) is 0 Å². The number of hydrogen-bond donors (Lipinski definition) is 4. The van der Waals surface area contributed by atoms with Crippen LogP contribution in [0.5, 0.6) is 0 Å². The van der Waals surface area contributed by atoms with Crippen LogP contribution in [0.2, 0.25) is 0 Å². The normalized spacial score (nSPS) is 14.2. The minimum Gasteiger partial charge on any atom is -0.347 e. The van der Waals surface area contributed by atoms with E-state index in [2.05, 4.69) is 40.8 Å². The highest BCUT2D eigenvalue weighted by atomic mass is 19.1. The van der Waals surface area contributed by atoms with E-state index in [1.54, 1.807) is 18.3 Å². The number of benzene rings is 1. The average Bonchev–Trinajstić information content (AvgIpc) is 3.52. The Morgan fingerprint density at radius 1 is 1.19 bits per heavy atom. The molecule has 1 aliphatic rings. The second kappa shape index (κ2) is 8.13. The van der Waals surface area contributed by atoms with Crippen molar-refractivity contribution in [3.05, 3.63) is 59.7 Å². The highest BCUT2D eigenvalue weighted by Crippen LogP contribution is 2.33. The molecule has 0 spiro atoms. The Balaban J connectivity index is 1.32. The summed E-state index contributed by atoms with van der Waals surface area (Å²) in [6, 6.07) is 6.22. The highest BCUT2D eigenvalue weighted by Gasteiger charge is 2.23. The maximum atomic E-state index is 14.0. The van der Waals surface area contributed by atoms with Gasteiger partial charge in [0, 0.05) is 30.4 Å². The third-order valence-electron chi connectivity index (χ3n) is 5.45. The van der Waals surface area contributed by atoms with Gasteiger partial charge in [-0.05, 0) is 36.6 Å². The molecule has 0 aliphatic heterocycles. The van der Waals surface area contributed by atoms with Gasteiger partial charge in [-0.3, -0.25) is 9.89 Å². The standard InChI is InChI=1S/C21H21FN8O/c22-14-7-12(8-15(9-14)27-16-5-6-26-30-16)10-23-21(31)18-17-20(25-11-24-18)29-19(28-17)13-3-1-2-4-13/h5-9,11,13H,1-4,10H2,(H,23,31)(H2,26,27,30)(H,24,25,28,29). The summed E-state index contributed by atoms with van der Waals surface area (Å²) in [7, 11) is 0. The molecule has 0 saturated heterocycles. The fourth-order valence-corrected chi connectivity index (χ4v) is 3.98. The smallest absolute Gasteiger partial charge is 0.272 e. The predicted octanol–water partition coefficient (Wildman–Crippen LogP) is 3.55. The van der Waals surface area contributed by atoms with Crippen LogP contribution < -0.4 is 10.6 Å². The van der Waals surface area contributed by atoms with Gasteiger partial charge in [0.05, 0.1) is 0 Å².